The van der Waals surface area contributed by atoms with Crippen LogP contribution in [0.1, 0.15) is 6.92 Å². The molecule has 0 aliphatic carbocycles. The fourth-order valence-corrected chi connectivity index (χ4v) is 0.0445. The average molecular weight is 80.1 g/mol. The lowest BCUT2D eigenvalue weighted by molar-refractivity contribution is -0.427. The second kappa shape index (κ2) is 3.85. The molecule has 0 aromatic rings. The number of hydrogen-bond donors (Lipinski definition) is 0. The van der Waals surface area contributed by atoms with Crippen LogP contribution in [0.3, 0.4) is 0 Å². The van der Waals surface area contributed by atoms with Crippen LogP contribution < -0.4 is 0 Å². The van der Waals surface area contributed by atoms with Gasteiger partial charge in [0.1, 0.15) is 0 Å². The maximum absolute atomic E-state index is 10.3. The molecule has 0 radical (unpaired) electrons. The number of rotatable bonds is 2. The van der Waals surface area contributed by atoms with Gasteiger partial charge in [-0.1, -0.05) is 0 Å². The molecule has 0 N–H and O–H groups in total. The van der Waals surface area contributed by atoms with Crippen LogP contribution in [0.15, 0.2) is 0 Å². The molecule has 0 aliphatic heterocycles. The molecule has 0 aromatic heterocycles. The molecular weight excluding hydrogens is 75.0 g/mol. The van der Waals surface area contributed by atoms with E-state index in [9.17, 15) is 4.53 Å². The summed E-state index contributed by atoms with van der Waals surface area (Å²) in [6, 6.07) is 0. The summed E-state index contributed by atoms with van der Waals surface area (Å²) < 4.78 is 10.3. The van der Waals surface area contributed by atoms with Gasteiger partial charge in [-0.25, -0.2) is 4.89 Å². The summed E-state index contributed by atoms with van der Waals surface area (Å²) in [5.74, 6) is 0. The highest BCUT2D eigenvalue weighted by molar-refractivity contribution is 3.89. The normalized spacial score (nSPS) is 8.40. The van der Waals surface area contributed by atoms with Crippen LogP contribution >= 0.6 is 0 Å². The molecule has 0 heterocycles. The molecule has 2 nitrogen and oxygen atoms in total. The van der Waals surface area contributed by atoms with E-state index in [0.717, 1.165) is 0 Å². The van der Waals surface area contributed by atoms with Crippen molar-refractivity contribution in [3.63, 3.8) is 0 Å². The Hall–Kier alpha value is -0.150. The van der Waals surface area contributed by atoms with Crippen molar-refractivity contribution in [2.24, 2.45) is 0 Å². The molecule has 0 bridgehead atoms. The second-order valence-corrected chi connectivity index (χ2v) is 0.470. The Labute approximate surface area is 29.3 Å². The quantitative estimate of drug-likeness (QED) is 0.361. The second-order valence-electron chi connectivity index (χ2n) is 0.470. The van der Waals surface area contributed by atoms with Crippen LogP contribution in [0.2, 0.25) is 0 Å². The highest BCUT2D eigenvalue weighted by Gasteiger charge is 1.68. The first-order valence-electron chi connectivity index (χ1n) is 1.32. The Morgan fingerprint density at radius 1 is 1.80 bits per heavy atom. The fourth-order valence-electron chi connectivity index (χ4n) is 0.0445. The predicted molar refractivity (Wildman–Crippen MR) is 13.8 cm³/mol. The van der Waals surface area contributed by atoms with Gasteiger partial charge < -0.3 is 0 Å². The van der Waals surface area contributed by atoms with Crippen LogP contribution in [0.4, 0.5) is 4.53 Å². The van der Waals surface area contributed by atoms with E-state index in [2.05, 4.69) is 9.98 Å². The third kappa shape index (κ3) is 3.85. The lowest BCUT2D eigenvalue weighted by Gasteiger charge is -1.79. The van der Waals surface area contributed by atoms with Crippen molar-refractivity contribution in [1.82, 2.24) is 0 Å². The minimum absolute atomic E-state index is 0.247. The standard InChI is InChI=1S/C2H5FO2/c1-2-4-5-3/h2H2,1H3. The van der Waals surface area contributed by atoms with Crippen LogP contribution in [0.25, 0.3) is 0 Å². The number of halogens is 1. The van der Waals surface area contributed by atoms with E-state index in [0.29, 0.717) is 0 Å². The first-order chi connectivity index (χ1) is 2.41. The Kier molecular flexibility index (Phi) is 3.73. The van der Waals surface area contributed by atoms with E-state index in [-0.39, 0.29) is 6.61 Å². The molecule has 0 fully saturated rings. The van der Waals surface area contributed by atoms with Gasteiger partial charge in [-0.3, -0.25) is 0 Å². The molecule has 0 atom stereocenters. The molecule has 0 aliphatic rings. The van der Waals surface area contributed by atoms with E-state index >= 15 is 0 Å². The first-order valence-corrected chi connectivity index (χ1v) is 1.32. The van der Waals surface area contributed by atoms with Gasteiger partial charge in [0, 0.05) is 0 Å². The monoisotopic (exact) mass is 80.0 g/mol. The molecule has 0 unspecified atom stereocenters. The van der Waals surface area contributed by atoms with Crippen LogP contribution in [0.5, 0.6) is 0 Å². The summed E-state index contributed by atoms with van der Waals surface area (Å²) in [5, 5.41) is 2.69. The fraction of sp³-hybridized carbons (Fsp3) is 1.00. The van der Waals surface area contributed by atoms with E-state index < -0.39 is 0 Å². The summed E-state index contributed by atoms with van der Waals surface area (Å²) in [6.07, 6.45) is 0. The average Bonchev–Trinajstić information content (AvgIpc) is 1.41. The molecule has 0 amide bonds. The van der Waals surface area contributed by atoms with Crippen molar-refractivity contribution in [3.05, 3.63) is 0 Å². The molecule has 3 heteroatoms. The summed E-state index contributed by atoms with van der Waals surface area (Å²) >= 11 is 0. The van der Waals surface area contributed by atoms with Gasteiger partial charge in [0.25, 0.3) is 0 Å². The SMILES string of the molecule is CCOOF. The highest BCUT2D eigenvalue weighted by atomic mass is 19.3. The van der Waals surface area contributed by atoms with E-state index in [1.54, 1.807) is 6.92 Å². The van der Waals surface area contributed by atoms with Gasteiger partial charge in [0.05, 0.1) is 6.61 Å². The van der Waals surface area contributed by atoms with Crippen molar-refractivity contribution in [1.29, 1.82) is 0 Å². The topological polar surface area (TPSA) is 18.5 Å². The van der Waals surface area contributed by atoms with Crippen LogP contribution in [-0.2, 0) is 9.98 Å². The molecular formula is C2H5FO2. The summed E-state index contributed by atoms with van der Waals surface area (Å²) in [5.41, 5.74) is 0. The van der Waals surface area contributed by atoms with Gasteiger partial charge in [-0.05, 0) is 16.5 Å². The smallest absolute Gasteiger partial charge is 0.0828 e. The maximum atomic E-state index is 10.3. The summed E-state index contributed by atoms with van der Waals surface area (Å²) in [4.78, 5) is 3.67. The van der Waals surface area contributed by atoms with E-state index in [1.165, 1.54) is 0 Å². The zero-order valence-corrected chi connectivity index (χ0v) is 2.90. The zero-order valence-electron chi connectivity index (χ0n) is 2.90. The Balaban J connectivity index is 2.19. The summed E-state index contributed by atoms with van der Waals surface area (Å²) in [7, 11) is 0. The molecule has 0 spiro atoms. The maximum Gasteiger partial charge on any atom is 0.0828 e. The zero-order chi connectivity index (χ0) is 4.12. The van der Waals surface area contributed by atoms with Crippen molar-refractivity contribution < 1.29 is 14.5 Å². The highest BCUT2D eigenvalue weighted by Crippen LogP contribution is 1.71. The molecule has 0 saturated heterocycles. The predicted octanol–water partition coefficient (Wildman–Crippen LogP) is 0.839. The number of hydrogen-bond acceptors (Lipinski definition) is 2. The van der Waals surface area contributed by atoms with Crippen molar-refractivity contribution >= 4 is 0 Å². The molecule has 0 aromatic carbocycles. The lowest BCUT2D eigenvalue weighted by Crippen LogP contribution is -1.79. The van der Waals surface area contributed by atoms with Gasteiger partial charge in [-0.15, -0.1) is 0 Å². The summed E-state index contributed by atoms with van der Waals surface area (Å²) in [6.45, 7) is 1.87. The van der Waals surface area contributed by atoms with Crippen LogP contribution in [0, 0.1) is 0 Å². The lowest BCUT2D eigenvalue weighted by atomic mass is 10.9. The molecule has 32 valence electrons. The third-order valence-electron chi connectivity index (χ3n) is 0.162. The van der Waals surface area contributed by atoms with Crippen molar-refractivity contribution in [2.75, 3.05) is 6.61 Å². The molecule has 0 saturated carbocycles. The van der Waals surface area contributed by atoms with Crippen molar-refractivity contribution in [3.8, 4) is 0 Å². The Morgan fingerprint density at radius 2 is 2.40 bits per heavy atom. The van der Waals surface area contributed by atoms with Gasteiger partial charge in [-0.2, -0.15) is 0 Å². The molecule has 5 heavy (non-hydrogen) atoms. The van der Waals surface area contributed by atoms with E-state index in [1.807, 2.05) is 0 Å². The minimum atomic E-state index is 0.247. The van der Waals surface area contributed by atoms with Gasteiger partial charge in [0.2, 0.25) is 0 Å². The van der Waals surface area contributed by atoms with Gasteiger partial charge >= 0.3 is 0 Å². The minimum Gasteiger partial charge on any atom is -0.202 e. The first kappa shape index (κ1) is 4.85. The van der Waals surface area contributed by atoms with Crippen LogP contribution in [-0.4, -0.2) is 6.61 Å². The third-order valence-corrected chi connectivity index (χ3v) is 0.162. The Morgan fingerprint density at radius 3 is 2.40 bits per heavy atom. The van der Waals surface area contributed by atoms with E-state index in [4.69, 9.17) is 0 Å². The Bertz CT molecular complexity index is 15.1. The van der Waals surface area contributed by atoms with Crippen molar-refractivity contribution in [2.45, 2.75) is 6.92 Å². The largest absolute Gasteiger partial charge is 0.202 e. The van der Waals surface area contributed by atoms with Gasteiger partial charge in [0.15, 0.2) is 0 Å². The molecule has 0 rings (SSSR count).